The largest absolute Gasteiger partial charge is 0.297 e. The van der Waals surface area contributed by atoms with Gasteiger partial charge in [0.2, 0.25) is 5.91 Å². The summed E-state index contributed by atoms with van der Waals surface area (Å²) in [4.78, 5) is 13.3. The second-order valence-corrected chi connectivity index (χ2v) is 4.89. The van der Waals surface area contributed by atoms with Crippen LogP contribution in [0.1, 0.15) is 11.1 Å². The molecule has 0 N–H and O–H groups in total. The Hall–Kier alpha value is 0.230. The number of nitrogens with zero attached hydrogens (tertiary/aromatic N) is 1. The molecule has 0 unspecified atom stereocenters. The minimum Gasteiger partial charge on any atom is -0.297 e. The lowest BCUT2D eigenvalue weighted by Gasteiger charge is -2.24. The molecule has 2 nitrogen and oxygen atoms in total. The van der Waals surface area contributed by atoms with Crippen molar-refractivity contribution < 1.29 is 4.79 Å². The second-order valence-electron chi connectivity index (χ2n) is 3.27. The summed E-state index contributed by atoms with van der Waals surface area (Å²) in [6.45, 7) is 0. The number of hydrogen-bond donors (Lipinski definition) is 0. The van der Waals surface area contributed by atoms with Crippen LogP contribution in [0, 0.1) is 0 Å². The highest BCUT2D eigenvalue weighted by atomic mass is 79.9. The first-order valence-electron chi connectivity index (χ1n) is 4.84. The maximum Gasteiger partial charge on any atom is 0.242 e. The Labute approximate surface area is 128 Å². The third-order valence-corrected chi connectivity index (χ3v) is 3.97. The van der Waals surface area contributed by atoms with Crippen LogP contribution >= 0.6 is 55.1 Å². The van der Waals surface area contributed by atoms with Crippen molar-refractivity contribution >= 4 is 66.7 Å². The first-order chi connectivity index (χ1) is 8.19. The lowest BCUT2D eigenvalue weighted by Crippen LogP contribution is -2.32. The van der Waals surface area contributed by atoms with E-state index in [-0.39, 0.29) is 17.8 Å². The van der Waals surface area contributed by atoms with Crippen LogP contribution in [0.25, 0.3) is 0 Å². The molecule has 94 valence electrons. The summed E-state index contributed by atoms with van der Waals surface area (Å²) in [5, 5.41) is 1.32. The van der Waals surface area contributed by atoms with Gasteiger partial charge >= 0.3 is 0 Å². The van der Waals surface area contributed by atoms with Gasteiger partial charge in [-0.3, -0.25) is 9.69 Å². The smallest absolute Gasteiger partial charge is 0.242 e. The predicted molar refractivity (Wildman–Crippen MR) is 80.6 cm³/mol. The zero-order valence-electron chi connectivity index (χ0n) is 8.93. The number of alkyl halides is 4. The van der Waals surface area contributed by atoms with E-state index in [1.54, 1.807) is 0 Å². The number of benzene rings is 1. The number of halogens is 4. The lowest BCUT2D eigenvalue weighted by molar-refractivity contribution is -0.116. The molecule has 0 atom stereocenters. The van der Waals surface area contributed by atoms with Gasteiger partial charge in [0.15, 0.2) is 0 Å². The zero-order chi connectivity index (χ0) is 12.8. The number of carbonyl (C=O) groups excluding carboxylic acids is 1. The fourth-order valence-corrected chi connectivity index (χ4v) is 2.83. The second kappa shape index (κ2) is 7.62. The fraction of sp³-hybridized carbons (Fsp3) is 0.364. The minimum atomic E-state index is -0.197. The molecule has 0 bridgehead atoms. The van der Waals surface area contributed by atoms with Crippen LogP contribution in [0.2, 0.25) is 0 Å². The monoisotopic (exact) mass is 401 g/mol. The van der Waals surface area contributed by atoms with Gasteiger partial charge in [0.1, 0.15) is 11.9 Å². The molecule has 0 radical (unpaired) electrons. The average molecular weight is 404 g/mol. The van der Waals surface area contributed by atoms with E-state index < -0.39 is 0 Å². The molecule has 0 heterocycles. The summed E-state index contributed by atoms with van der Waals surface area (Å²) < 4.78 is 0. The Morgan fingerprint density at radius 3 is 2.06 bits per heavy atom. The van der Waals surface area contributed by atoms with Gasteiger partial charge in [-0.25, -0.2) is 0 Å². The third-order valence-electron chi connectivity index (χ3n) is 2.30. The van der Waals surface area contributed by atoms with Crippen LogP contribution in [-0.4, -0.2) is 17.8 Å². The summed E-state index contributed by atoms with van der Waals surface area (Å²) >= 11 is 18.3. The highest BCUT2D eigenvalue weighted by molar-refractivity contribution is 9.08. The number of rotatable bonds is 5. The van der Waals surface area contributed by atoms with Crippen LogP contribution in [0.15, 0.2) is 18.2 Å². The maximum atomic E-state index is 11.8. The van der Waals surface area contributed by atoms with Crippen LogP contribution in [0.4, 0.5) is 5.69 Å². The molecule has 1 amide bonds. The SMILES string of the molecule is O=C(CCl)N(CCl)c1c(CBr)cccc1CBr. The Balaban J connectivity index is 3.29. The molecule has 0 aliphatic carbocycles. The van der Waals surface area contributed by atoms with Crippen molar-refractivity contribution in [1.82, 2.24) is 0 Å². The molecule has 1 rings (SSSR count). The molecule has 0 aliphatic heterocycles. The summed E-state index contributed by atoms with van der Waals surface area (Å²) in [7, 11) is 0. The van der Waals surface area contributed by atoms with Crippen molar-refractivity contribution in [2.24, 2.45) is 0 Å². The van der Waals surface area contributed by atoms with Crippen molar-refractivity contribution in [1.29, 1.82) is 0 Å². The van der Waals surface area contributed by atoms with Crippen molar-refractivity contribution in [2.75, 3.05) is 16.8 Å². The zero-order valence-corrected chi connectivity index (χ0v) is 13.6. The topological polar surface area (TPSA) is 20.3 Å². The first kappa shape index (κ1) is 15.3. The predicted octanol–water partition coefficient (Wildman–Crippen LogP) is 4.24. The molecule has 0 spiro atoms. The summed E-state index contributed by atoms with van der Waals surface area (Å²) in [6.07, 6.45) is 0. The van der Waals surface area contributed by atoms with E-state index in [0.717, 1.165) is 16.8 Å². The number of para-hydroxylation sites is 1. The fourth-order valence-electron chi connectivity index (χ4n) is 1.53. The van der Waals surface area contributed by atoms with Gasteiger partial charge in [-0.1, -0.05) is 50.1 Å². The van der Waals surface area contributed by atoms with Gasteiger partial charge in [0.05, 0.1) is 5.69 Å². The molecular weight excluding hydrogens is 393 g/mol. The van der Waals surface area contributed by atoms with Crippen LogP contribution in [0.5, 0.6) is 0 Å². The van der Waals surface area contributed by atoms with E-state index >= 15 is 0 Å². The van der Waals surface area contributed by atoms with E-state index in [2.05, 4.69) is 31.9 Å². The van der Waals surface area contributed by atoms with E-state index in [4.69, 9.17) is 23.2 Å². The normalized spacial score (nSPS) is 10.4. The molecule has 1 aromatic carbocycles. The van der Waals surface area contributed by atoms with Gasteiger partial charge < -0.3 is 0 Å². The number of anilines is 1. The molecular formula is C11H11Br2Cl2NO. The van der Waals surface area contributed by atoms with Gasteiger partial charge in [0.25, 0.3) is 0 Å². The van der Waals surface area contributed by atoms with Crippen LogP contribution in [0.3, 0.4) is 0 Å². The minimum absolute atomic E-state index is 0.0783. The summed E-state index contributed by atoms with van der Waals surface area (Å²) in [5.41, 5.74) is 2.86. The Morgan fingerprint density at radius 2 is 1.71 bits per heavy atom. The molecule has 0 fully saturated rings. The highest BCUT2D eigenvalue weighted by Crippen LogP contribution is 2.30. The van der Waals surface area contributed by atoms with E-state index in [1.165, 1.54) is 4.90 Å². The summed E-state index contributed by atoms with van der Waals surface area (Å²) in [5.74, 6) is -0.275. The first-order valence-corrected chi connectivity index (χ1v) is 8.15. The standard InChI is InChI=1S/C11H11Br2Cl2NO/c12-4-8-2-1-3-9(5-13)11(8)16(7-15)10(17)6-14/h1-3H,4-7H2. The number of hydrogen-bond acceptors (Lipinski definition) is 1. The van der Waals surface area contributed by atoms with Crippen molar-refractivity contribution in [3.05, 3.63) is 29.3 Å². The Bertz CT molecular complexity index is 379. The van der Waals surface area contributed by atoms with Gasteiger partial charge in [-0.05, 0) is 11.1 Å². The highest BCUT2D eigenvalue weighted by Gasteiger charge is 2.19. The summed E-state index contributed by atoms with van der Waals surface area (Å²) in [6, 6.07) is 5.96. The van der Waals surface area contributed by atoms with Crippen LogP contribution < -0.4 is 4.90 Å². The number of carbonyl (C=O) groups is 1. The Kier molecular flexibility index (Phi) is 6.85. The molecule has 0 saturated heterocycles. The molecule has 0 aromatic heterocycles. The molecule has 0 saturated carbocycles. The Morgan fingerprint density at radius 1 is 1.18 bits per heavy atom. The van der Waals surface area contributed by atoms with Gasteiger partial charge in [0, 0.05) is 10.7 Å². The maximum absolute atomic E-state index is 11.8. The van der Waals surface area contributed by atoms with Crippen molar-refractivity contribution in [3.63, 3.8) is 0 Å². The third kappa shape index (κ3) is 3.60. The lowest BCUT2D eigenvalue weighted by atomic mass is 10.1. The number of amides is 1. The molecule has 1 aromatic rings. The molecule has 17 heavy (non-hydrogen) atoms. The molecule has 6 heteroatoms. The molecule has 0 aliphatic rings. The van der Waals surface area contributed by atoms with Crippen molar-refractivity contribution in [2.45, 2.75) is 10.7 Å². The van der Waals surface area contributed by atoms with Crippen LogP contribution in [-0.2, 0) is 15.5 Å². The van der Waals surface area contributed by atoms with Gasteiger partial charge in [-0.15, -0.1) is 23.2 Å². The quantitative estimate of drug-likeness (QED) is 0.531. The van der Waals surface area contributed by atoms with Crippen molar-refractivity contribution in [3.8, 4) is 0 Å². The van der Waals surface area contributed by atoms with E-state index in [1.807, 2.05) is 18.2 Å². The van der Waals surface area contributed by atoms with Gasteiger partial charge in [-0.2, -0.15) is 0 Å². The van der Waals surface area contributed by atoms with E-state index in [9.17, 15) is 4.79 Å². The van der Waals surface area contributed by atoms with E-state index in [0.29, 0.717) is 10.7 Å². The average Bonchev–Trinajstić information content (AvgIpc) is 2.39.